The molecule has 3 nitrogen and oxygen atoms in total. The van der Waals surface area contributed by atoms with Gasteiger partial charge in [-0.2, -0.15) is 0 Å². The Morgan fingerprint density at radius 2 is 2.31 bits per heavy atom. The van der Waals surface area contributed by atoms with E-state index in [9.17, 15) is 4.79 Å². The van der Waals surface area contributed by atoms with E-state index in [1.165, 1.54) is 0 Å². The van der Waals surface area contributed by atoms with Crippen LogP contribution in [0, 0.1) is 5.92 Å². The molecule has 0 fully saturated rings. The molecule has 13 heavy (non-hydrogen) atoms. The fourth-order valence-electron chi connectivity index (χ4n) is 0.972. The highest BCUT2D eigenvalue weighted by atomic mass is 127. The number of carbonyl (C=O) groups excluding carboxylic acids is 1. The van der Waals surface area contributed by atoms with Crippen LogP contribution in [-0.4, -0.2) is 22.0 Å². The quantitative estimate of drug-likeness (QED) is 0.335. The first-order valence-corrected chi connectivity index (χ1v) is 6.30. The van der Waals surface area contributed by atoms with Gasteiger partial charge in [-0.1, -0.05) is 13.3 Å². The maximum atomic E-state index is 11.4. The fraction of sp³-hybridized carbons (Fsp3) is 0.857. The molecular weight excluding hydrogens is 299 g/mol. The van der Waals surface area contributed by atoms with E-state index in [1.54, 1.807) is 0 Å². The zero-order valence-corrected chi connectivity index (χ0v) is 11.1. The first kappa shape index (κ1) is 13.7. The minimum atomic E-state index is 0.0457. The van der Waals surface area contributed by atoms with Crippen molar-refractivity contribution in [3.8, 4) is 0 Å². The van der Waals surface area contributed by atoms with Crippen molar-refractivity contribution in [2.45, 2.75) is 26.2 Å². The summed E-state index contributed by atoms with van der Waals surface area (Å²) in [5.74, 6) is 0.136. The topological polar surface area (TPSA) is 49.3 Å². The molecule has 6 heteroatoms. The largest absolute Gasteiger partial charge is 0.396 e. The van der Waals surface area contributed by atoms with Crippen LogP contribution in [0.2, 0.25) is 0 Å². The molecule has 0 saturated heterocycles. The number of nitrogens with one attached hydrogen (secondary N) is 1. The van der Waals surface area contributed by atoms with Crippen LogP contribution in [-0.2, 0) is 4.79 Å². The number of carbonyl (C=O) groups is 1. The lowest BCUT2D eigenvalue weighted by molar-refractivity contribution is -0.123. The number of hydrogen-bond acceptors (Lipinski definition) is 2. The molecule has 0 spiro atoms. The molecule has 2 N–H and O–H groups in total. The minimum Gasteiger partial charge on any atom is -0.396 e. The monoisotopic (exact) mass is 315 g/mol. The van der Waals surface area contributed by atoms with Crippen molar-refractivity contribution in [3.63, 3.8) is 0 Å². The van der Waals surface area contributed by atoms with Crippen LogP contribution >= 0.6 is 31.5 Å². The number of amides is 1. The Hall–Kier alpha value is 0.655. The molecule has 0 aromatic carbocycles. The molecule has 0 rings (SSSR count). The molecule has 0 radical (unpaired) electrons. The summed E-state index contributed by atoms with van der Waals surface area (Å²) < 4.78 is 0.102. The Kier molecular flexibility index (Phi) is 8.41. The van der Waals surface area contributed by atoms with E-state index in [0.29, 0.717) is 0 Å². The molecule has 0 saturated carbocycles. The lowest BCUT2D eigenvalue weighted by Gasteiger charge is -2.11. The smallest absolute Gasteiger partial charge is 0.349 e. The van der Waals surface area contributed by atoms with Crippen molar-refractivity contribution in [3.05, 3.63) is 0 Å². The van der Waals surface area contributed by atoms with Crippen molar-refractivity contribution in [2.75, 3.05) is 6.61 Å². The van der Waals surface area contributed by atoms with Crippen molar-refractivity contribution >= 4 is 41.8 Å². The number of halogens is 1. The lowest BCUT2D eigenvalue weighted by Crippen LogP contribution is -2.34. The number of aliphatic hydroxyl groups excluding tert-OH is 1. The Balaban J connectivity index is 3.57. The maximum absolute atomic E-state index is 11.4. The van der Waals surface area contributed by atoms with Crippen LogP contribution < -0.4 is 5.23 Å². The molecule has 0 aliphatic rings. The number of hydrogen-bond donors (Lipinski definition) is 2. The summed E-state index contributed by atoms with van der Waals surface area (Å²) in [4.78, 5) is 11.4. The second-order valence-electron chi connectivity index (χ2n) is 3.03. The molecule has 0 aromatic heterocycles. The average molecular weight is 315 g/mol. The summed E-state index contributed by atoms with van der Waals surface area (Å²) in [5, 5.41) is 11.4. The van der Waals surface area contributed by atoms with Gasteiger partial charge >= 0.3 is 4.42 Å². The molecule has 0 heterocycles. The Labute approximate surface area is 95.6 Å². The summed E-state index contributed by atoms with van der Waals surface area (Å²) >= 11 is 2.13. The predicted octanol–water partition coefficient (Wildman–Crippen LogP) is 1.20. The highest BCUT2D eigenvalue weighted by Gasteiger charge is 2.14. The molecule has 0 aromatic rings. The third-order valence-electron chi connectivity index (χ3n) is 1.77. The van der Waals surface area contributed by atoms with Gasteiger partial charge in [-0.15, -0.1) is 31.5 Å². The summed E-state index contributed by atoms with van der Waals surface area (Å²) in [5.41, 5.74) is 0. The molecule has 2 unspecified atom stereocenters. The first-order valence-electron chi connectivity index (χ1n) is 4.38. The lowest BCUT2D eigenvalue weighted by atomic mass is 10.0. The summed E-state index contributed by atoms with van der Waals surface area (Å²) in [6, 6.07) is 0. The number of unbranched alkanes of at least 4 members (excludes halogenated alkanes) is 1. The van der Waals surface area contributed by atoms with Gasteiger partial charge in [0.05, 0.1) is 0 Å². The Morgan fingerprint density at radius 1 is 1.69 bits per heavy atom. The van der Waals surface area contributed by atoms with Crippen molar-refractivity contribution < 1.29 is 9.90 Å². The van der Waals surface area contributed by atoms with E-state index in [1.807, 2.05) is 6.92 Å². The van der Waals surface area contributed by atoms with E-state index in [2.05, 4.69) is 36.7 Å². The molecule has 76 valence electrons. The van der Waals surface area contributed by atoms with Gasteiger partial charge in [0.15, 0.2) is 0 Å². The first-order chi connectivity index (χ1) is 6.07. The van der Waals surface area contributed by atoms with E-state index in [-0.39, 0.29) is 22.9 Å². The van der Waals surface area contributed by atoms with Crippen molar-refractivity contribution in [2.24, 2.45) is 5.92 Å². The van der Waals surface area contributed by atoms with Crippen LogP contribution in [0.25, 0.3) is 0 Å². The highest BCUT2D eigenvalue weighted by molar-refractivity contribution is 14.1. The van der Waals surface area contributed by atoms with Crippen molar-refractivity contribution in [1.29, 1.82) is 0 Å². The van der Waals surface area contributed by atoms with E-state index >= 15 is 0 Å². The third-order valence-corrected chi connectivity index (χ3v) is 2.25. The van der Waals surface area contributed by atoms with Crippen LogP contribution in [0.3, 0.4) is 0 Å². The Morgan fingerprint density at radius 3 is 2.77 bits per heavy atom. The van der Waals surface area contributed by atoms with Crippen molar-refractivity contribution in [1.82, 2.24) is 5.23 Å². The molecule has 0 aliphatic heterocycles. The molecule has 0 bridgehead atoms. The summed E-state index contributed by atoms with van der Waals surface area (Å²) in [7, 11) is 2.52. The van der Waals surface area contributed by atoms with E-state index in [0.717, 1.165) is 19.3 Å². The standard InChI is InChI=1S/C7H16BINO2P/c1-6(4-2-3-5-11)7(12)10-8(9)13/h6,11H,2-5,13H2,1H3,(H,10,12). The second kappa shape index (κ2) is 8.00. The molecular formula is C7H16BINO2P. The normalized spacial score (nSPS) is 12.3. The van der Waals surface area contributed by atoms with Crippen LogP contribution in [0.5, 0.6) is 0 Å². The summed E-state index contributed by atoms with van der Waals surface area (Å²) in [6.07, 6.45) is 2.54. The SMILES string of the molecule is CC(CCCCO)C(=O)NB(P)I. The van der Waals surface area contributed by atoms with Crippen LogP contribution in [0.4, 0.5) is 0 Å². The van der Waals surface area contributed by atoms with E-state index in [4.69, 9.17) is 5.11 Å². The molecule has 1 amide bonds. The number of rotatable bonds is 6. The zero-order valence-electron chi connectivity index (χ0n) is 7.79. The van der Waals surface area contributed by atoms with Gasteiger partial charge in [-0.05, 0) is 12.8 Å². The van der Waals surface area contributed by atoms with Gasteiger partial charge < -0.3 is 10.3 Å². The van der Waals surface area contributed by atoms with Gasteiger partial charge in [0.1, 0.15) is 0 Å². The fourth-order valence-corrected chi connectivity index (χ4v) is 1.44. The van der Waals surface area contributed by atoms with Gasteiger partial charge in [-0.25, -0.2) is 0 Å². The zero-order chi connectivity index (χ0) is 10.3. The average Bonchev–Trinajstić information content (AvgIpc) is 2.03. The van der Waals surface area contributed by atoms with Gasteiger partial charge in [0, 0.05) is 12.5 Å². The molecule has 2 atom stereocenters. The van der Waals surface area contributed by atoms with Gasteiger partial charge in [-0.3, -0.25) is 4.79 Å². The van der Waals surface area contributed by atoms with Crippen LogP contribution in [0.1, 0.15) is 26.2 Å². The second-order valence-corrected chi connectivity index (χ2v) is 6.40. The Bertz CT molecular complexity index is 159. The third kappa shape index (κ3) is 7.71. The predicted molar refractivity (Wildman–Crippen MR) is 67.7 cm³/mol. The minimum absolute atomic E-state index is 0.0457. The van der Waals surface area contributed by atoms with Gasteiger partial charge in [0.25, 0.3) is 0 Å². The number of aliphatic hydroxyl groups is 1. The highest BCUT2D eigenvalue weighted by Crippen LogP contribution is 2.09. The molecule has 0 aliphatic carbocycles. The van der Waals surface area contributed by atoms with Gasteiger partial charge in [0.2, 0.25) is 5.91 Å². The maximum Gasteiger partial charge on any atom is 0.349 e. The van der Waals surface area contributed by atoms with E-state index < -0.39 is 0 Å². The van der Waals surface area contributed by atoms with Crippen LogP contribution in [0.15, 0.2) is 0 Å². The summed E-state index contributed by atoms with van der Waals surface area (Å²) in [6.45, 7) is 2.13.